The first kappa shape index (κ1) is 13.0. The van der Waals surface area contributed by atoms with Gasteiger partial charge in [0.2, 0.25) is 0 Å². The number of rotatable bonds is 5. The highest BCUT2D eigenvalue weighted by molar-refractivity contribution is 5.39. The van der Waals surface area contributed by atoms with Crippen molar-refractivity contribution in [1.82, 2.24) is 5.32 Å². The molecule has 1 saturated carbocycles. The van der Waals surface area contributed by atoms with Crippen molar-refractivity contribution in [1.29, 1.82) is 0 Å². The second-order valence-electron chi connectivity index (χ2n) is 6.20. The summed E-state index contributed by atoms with van der Waals surface area (Å²) in [5.41, 5.74) is 3.36. The van der Waals surface area contributed by atoms with Crippen LogP contribution < -0.4 is 10.1 Å². The fraction of sp³-hybridized carbons (Fsp3) is 0.647. The van der Waals surface area contributed by atoms with Crippen LogP contribution in [-0.2, 0) is 13.0 Å². The van der Waals surface area contributed by atoms with E-state index < -0.39 is 0 Å². The maximum atomic E-state index is 5.55. The smallest absolute Gasteiger partial charge is 0.122 e. The lowest BCUT2D eigenvalue weighted by molar-refractivity contribution is 0.268. The van der Waals surface area contributed by atoms with E-state index in [9.17, 15) is 0 Å². The molecule has 1 aliphatic carbocycles. The minimum absolute atomic E-state index is 0.583. The van der Waals surface area contributed by atoms with Crippen LogP contribution >= 0.6 is 0 Å². The number of hydrogen-bond acceptors (Lipinski definition) is 2. The van der Waals surface area contributed by atoms with Crippen LogP contribution in [-0.4, -0.2) is 13.2 Å². The van der Waals surface area contributed by atoms with Crippen LogP contribution in [0.4, 0.5) is 0 Å². The molecule has 0 spiro atoms. The van der Waals surface area contributed by atoms with Crippen LogP contribution in [0.25, 0.3) is 0 Å². The summed E-state index contributed by atoms with van der Waals surface area (Å²) in [7, 11) is 0. The van der Waals surface area contributed by atoms with E-state index in [0.29, 0.717) is 5.41 Å². The highest BCUT2D eigenvalue weighted by atomic mass is 16.5. The van der Waals surface area contributed by atoms with Gasteiger partial charge in [-0.2, -0.15) is 0 Å². The summed E-state index contributed by atoms with van der Waals surface area (Å²) < 4.78 is 5.55. The highest BCUT2D eigenvalue weighted by Gasteiger charge is 2.31. The first-order valence-corrected chi connectivity index (χ1v) is 7.77. The molecule has 19 heavy (non-hydrogen) atoms. The van der Waals surface area contributed by atoms with Crippen molar-refractivity contribution in [2.24, 2.45) is 5.41 Å². The maximum absolute atomic E-state index is 5.55. The van der Waals surface area contributed by atoms with E-state index in [2.05, 4.69) is 30.4 Å². The fourth-order valence-corrected chi connectivity index (χ4v) is 3.60. The molecule has 1 aliphatic heterocycles. The molecule has 2 aliphatic rings. The SMILES string of the molecule is CCC1(CNCc2ccc3c(c2)CCO3)CCCC1. The first-order chi connectivity index (χ1) is 9.31. The Morgan fingerprint density at radius 3 is 2.89 bits per heavy atom. The van der Waals surface area contributed by atoms with Crippen molar-refractivity contribution in [2.75, 3.05) is 13.2 Å². The first-order valence-electron chi connectivity index (χ1n) is 7.77. The van der Waals surface area contributed by atoms with Crippen LogP contribution in [0.1, 0.15) is 50.2 Å². The van der Waals surface area contributed by atoms with Crippen molar-refractivity contribution >= 4 is 0 Å². The van der Waals surface area contributed by atoms with Gasteiger partial charge in [-0.05, 0) is 41.9 Å². The molecule has 3 rings (SSSR count). The van der Waals surface area contributed by atoms with E-state index in [1.165, 1.54) is 49.8 Å². The third kappa shape index (κ3) is 2.79. The molecule has 2 nitrogen and oxygen atoms in total. The van der Waals surface area contributed by atoms with Gasteiger partial charge < -0.3 is 10.1 Å². The second-order valence-corrected chi connectivity index (χ2v) is 6.20. The summed E-state index contributed by atoms with van der Waals surface area (Å²) >= 11 is 0. The topological polar surface area (TPSA) is 21.3 Å². The Kier molecular flexibility index (Phi) is 3.79. The van der Waals surface area contributed by atoms with Crippen molar-refractivity contribution < 1.29 is 4.74 Å². The Morgan fingerprint density at radius 1 is 1.26 bits per heavy atom. The minimum Gasteiger partial charge on any atom is -0.493 e. The van der Waals surface area contributed by atoms with Crippen LogP contribution in [0, 0.1) is 5.41 Å². The molecule has 0 saturated heterocycles. The van der Waals surface area contributed by atoms with Gasteiger partial charge in [-0.15, -0.1) is 0 Å². The number of fused-ring (bicyclic) bond motifs is 1. The van der Waals surface area contributed by atoms with Gasteiger partial charge in [0.15, 0.2) is 0 Å². The Hall–Kier alpha value is -1.02. The Labute approximate surface area is 116 Å². The van der Waals surface area contributed by atoms with Crippen LogP contribution in [0.3, 0.4) is 0 Å². The van der Waals surface area contributed by atoms with E-state index in [-0.39, 0.29) is 0 Å². The largest absolute Gasteiger partial charge is 0.493 e. The van der Waals surface area contributed by atoms with Gasteiger partial charge in [0.25, 0.3) is 0 Å². The lowest BCUT2D eigenvalue weighted by Gasteiger charge is -2.27. The summed E-state index contributed by atoms with van der Waals surface area (Å²) in [4.78, 5) is 0. The lowest BCUT2D eigenvalue weighted by atomic mass is 9.83. The van der Waals surface area contributed by atoms with Crippen molar-refractivity contribution in [3.8, 4) is 5.75 Å². The van der Waals surface area contributed by atoms with Gasteiger partial charge in [0.1, 0.15) is 5.75 Å². The number of hydrogen-bond donors (Lipinski definition) is 1. The molecule has 0 bridgehead atoms. The number of ether oxygens (including phenoxy) is 1. The lowest BCUT2D eigenvalue weighted by Crippen LogP contribution is -2.31. The average Bonchev–Trinajstić information content (AvgIpc) is 3.07. The molecule has 1 fully saturated rings. The number of nitrogens with one attached hydrogen (secondary N) is 1. The van der Waals surface area contributed by atoms with Crippen LogP contribution in [0.15, 0.2) is 18.2 Å². The maximum Gasteiger partial charge on any atom is 0.122 e. The highest BCUT2D eigenvalue weighted by Crippen LogP contribution is 2.40. The molecule has 0 amide bonds. The second kappa shape index (κ2) is 5.54. The van der Waals surface area contributed by atoms with E-state index in [0.717, 1.165) is 25.3 Å². The monoisotopic (exact) mass is 259 g/mol. The Morgan fingerprint density at radius 2 is 2.11 bits per heavy atom. The van der Waals surface area contributed by atoms with Gasteiger partial charge in [-0.1, -0.05) is 31.9 Å². The Bertz CT molecular complexity index is 435. The standard InChI is InChI=1S/C17H25NO/c1-2-17(8-3-4-9-17)13-18-12-14-5-6-16-15(11-14)7-10-19-16/h5-6,11,18H,2-4,7-10,12-13H2,1H3. The van der Waals surface area contributed by atoms with E-state index in [1.807, 2.05) is 0 Å². The Balaban J connectivity index is 1.55. The molecule has 1 aromatic carbocycles. The fourth-order valence-electron chi connectivity index (χ4n) is 3.60. The molecule has 0 atom stereocenters. The van der Waals surface area contributed by atoms with E-state index >= 15 is 0 Å². The van der Waals surface area contributed by atoms with E-state index in [4.69, 9.17) is 4.74 Å². The molecule has 104 valence electrons. The summed E-state index contributed by atoms with van der Waals surface area (Å²) in [6, 6.07) is 6.64. The zero-order valence-corrected chi connectivity index (χ0v) is 12.0. The van der Waals surface area contributed by atoms with Gasteiger partial charge >= 0.3 is 0 Å². The summed E-state index contributed by atoms with van der Waals surface area (Å²) in [6.45, 7) is 5.37. The summed E-state index contributed by atoms with van der Waals surface area (Å²) in [5.74, 6) is 1.09. The van der Waals surface area contributed by atoms with Gasteiger partial charge in [-0.3, -0.25) is 0 Å². The molecule has 1 N–H and O–H groups in total. The molecule has 0 unspecified atom stereocenters. The van der Waals surface area contributed by atoms with Crippen LogP contribution in [0.2, 0.25) is 0 Å². The molecular formula is C17H25NO. The predicted octanol–water partition coefficient (Wildman–Crippen LogP) is 3.68. The molecule has 1 heterocycles. The predicted molar refractivity (Wildman–Crippen MR) is 78.5 cm³/mol. The van der Waals surface area contributed by atoms with Gasteiger partial charge in [-0.25, -0.2) is 0 Å². The van der Waals surface area contributed by atoms with Crippen molar-refractivity contribution in [2.45, 2.75) is 52.0 Å². The van der Waals surface area contributed by atoms with Crippen molar-refractivity contribution in [3.05, 3.63) is 29.3 Å². The third-order valence-electron chi connectivity index (χ3n) is 5.00. The van der Waals surface area contributed by atoms with E-state index in [1.54, 1.807) is 0 Å². The van der Waals surface area contributed by atoms with Gasteiger partial charge in [0, 0.05) is 19.5 Å². The van der Waals surface area contributed by atoms with Crippen LogP contribution in [0.5, 0.6) is 5.75 Å². The summed E-state index contributed by atoms with van der Waals surface area (Å²) in [5, 5.41) is 3.69. The zero-order valence-electron chi connectivity index (χ0n) is 12.0. The molecule has 0 aromatic heterocycles. The number of benzene rings is 1. The average molecular weight is 259 g/mol. The molecule has 1 aromatic rings. The minimum atomic E-state index is 0.583. The molecular weight excluding hydrogens is 234 g/mol. The third-order valence-corrected chi connectivity index (χ3v) is 5.00. The molecule has 2 heteroatoms. The zero-order chi connectivity index (χ0) is 13.1. The van der Waals surface area contributed by atoms with Crippen molar-refractivity contribution in [3.63, 3.8) is 0 Å². The quantitative estimate of drug-likeness (QED) is 0.871. The normalized spacial score (nSPS) is 20.3. The van der Waals surface area contributed by atoms with Gasteiger partial charge in [0.05, 0.1) is 6.61 Å². The summed E-state index contributed by atoms with van der Waals surface area (Å²) in [6.07, 6.45) is 8.06. The molecule has 0 radical (unpaired) electrons.